The zero-order chi connectivity index (χ0) is 24.8. The number of thiocarbonyl (C=S) groups is 1. The number of halogens is 2. The Morgan fingerprint density at radius 2 is 1.71 bits per heavy atom. The summed E-state index contributed by atoms with van der Waals surface area (Å²) in [6, 6.07) is 22.5. The molecule has 0 atom stereocenters. The fourth-order valence-electron chi connectivity index (χ4n) is 3.22. The summed E-state index contributed by atoms with van der Waals surface area (Å²) in [5.41, 5.74) is 6.55. The van der Waals surface area contributed by atoms with Crippen LogP contribution in [0.15, 0.2) is 77.3 Å². The van der Waals surface area contributed by atoms with Gasteiger partial charge in [0.15, 0.2) is 5.11 Å². The summed E-state index contributed by atoms with van der Waals surface area (Å²) < 4.78 is 7.36. The topological polar surface area (TPSA) is 79.5 Å². The Labute approximate surface area is 224 Å². The summed E-state index contributed by atoms with van der Waals surface area (Å²) in [5.74, 6) is -0.258. The van der Waals surface area contributed by atoms with Gasteiger partial charge in [-0.3, -0.25) is 25.8 Å². The second-order valence-corrected chi connectivity index (χ2v) is 10.0. The van der Waals surface area contributed by atoms with Gasteiger partial charge in [0.05, 0.1) is 16.1 Å². The molecule has 0 bridgehead atoms. The van der Waals surface area contributed by atoms with E-state index in [1.807, 2.05) is 54.6 Å². The van der Waals surface area contributed by atoms with E-state index >= 15 is 0 Å². The minimum Gasteiger partial charge on any atom is -0.492 e. The molecule has 35 heavy (non-hydrogen) atoms. The lowest BCUT2D eigenvalue weighted by atomic mass is 10.2. The predicted molar refractivity (Wildman–Crippen MR) is 147 cm³/mol. The minimum atomic E-state index is -0.451. The van der Waals surface area contributed by atoms with Crippen molar-refractivity contribution in [2.45, 2.75) is 6.42 Å². The van der Waals surface area contributed by atoms with Gasteiger partial charge in [0.2, 0.25) is 0 Å². The highest BCUT2D eigenvalue weighted by Crippen LogP contribution is 2.34. The molecule has 0 aliphatic rings. The van der Waals surface area contributed by atoms with Crippen molar-refractivity contribution in [1.82, 2.24) is 16.2 Å². The first-order valence-electron chi connectivity index (χ1n) is 10.5. The van der Waals surface area contributed by atoms with Crippen molar-refractivity contribution in [3.05, 3.63) is 98.3 Å². The van der Waals surface area contributed by atoms with E-state index in [9.17, 15) is 9.59 Å². The van der Waals surface area contributed by atoms with Crippen LogP contribution in [0.5, 0.6) is 5.75 Å². The maximum absolute atomic E-state index is 12.6. The smallest absolute Gasteiger partial charge is 0.281 e. The first-order chi connectivity index (χ1) is 16.9. The Morgan fingerprint density at radius 3 is 2.46 bits per heavy atom. The van der Waals surface area contributed by atoms with Crippen LogP contribution in [0, 0.1) is 0 Å². The van der Waals surface area contributed by atoms with Gasteiger partial charge in [-0.1, -0.05) is 60.1 Å². The maximum Gasteiger partial charge on any atom is 0.281 e. The second kappa shape index (κ2) is 11.6. The fraction of sp³-hybridized carbons (Fsp3) is 0.0800. The largest absolute Gasteiger partial charge is 0.492 e. The minimum absolute atomic E-state index is 0.0557. The van der Waals surface area contributed by atoms with E-state index in [1.165, 1.54) is 16.9 Å². The van der Waals surface area contributed by atoms with Crippen molar-refractivity contribution in [2.24, 2.45) is 0 Å². The number of hydrazine groups is 1. The van der Waals surface area contributed by atoms with Crippen LogP contribution in [0.25, 0.3) is 10.1 Å². The van der Waals surface area contributed by atoms with Crippen LogP contribution < -0.4 is 20.9 Å². The molecule has 10 heteroatoms. The third-order valence-electron chi connectivity index (χ3n) is 4.94. The van der Waals surface area contributed by atoms with Gasteiger partial charge in [-0.05, 0) is 58.0 Å². The van der Waals surface area contributed by atoms with Crippen LogP contribution in [0.4, 0.5) is 0 Å². The number of fused-ring (bicyclic) bond motifs is 1. The molecule has 0 aliphatic heterocycles. The highest BCUT2D eigenvalue weighted by Gasteiger charge is 2.17. The highest BCUT2D eigenvalue weighted by molar-refractivity contribution is 9.10. The molecule has 178 valence electrons. The van der Waals surface area contributed by atoms with E-state index in [1.54, 1.807) is 18.2 Å². The normalized spacial score (nSPS) is 10.6. The summed E-state index contributed by atoms with van der Waals surface area (Å²) in [7, 11) is 0. The molecule has 6 nitrogen and oxygen atoms in total. The summed E-state index contributed by atoms with van der Waals surface area (Å²) in [6.07, 6.45) is 0.772. The van der Waals surface area contributed by atoms with Gasteiger partial charge in [-0.2, -0.15) is 0 Å². The molecule has 0 fully saturated rings. The molecule has 3 N–H and O–H groups in total. The molecule has 0 aliphatic carbocycles. The number of benzene rings is 3. The number of carbonyl (C=O) groups is 2. The van der Waals surface area contributed by atoms with Crippen molar-refractivity contribution in [2.75, 3.05) is 6.61 Å². The van der Waals surface area contributed by atoms with Crippen molar-refractivity contribution in [1.29, 1.82) is 0 Å². The zero-order valence-corrected chi connectivity index (χ0v) is 22.1. The van der Waals surface area contributed by atoms with Crippen molar-refractivity contribution < 1.29 is 14.3 Å². The van der Waals surface area contributed by atoms with Crippen LogP contribution in [-0.2, 0) is 6.42 Å². The van der Waals surface area contributed by atoms with E-state index < -0.39 is 11.8 Å². The lowest BCUT2D eigenvalue weighted by Crippen LogP contribution is -2.48. The Kier molecular flexibility index (Phi) is 8.35. The number of ether oxygens (including phenoxy) is 1. The SMILES string of the molecule is O=C(NC(=S)NNC(=O)c1sc2ccccc2c1Cl)c1ccc(OCCc2ccccc2)c(Br)c1. The molecule has 0 saturated carbocycles. The standard InChI is InChI=1S/C25H19BrClN3O3S2/c26-18-14-16(10-11-19(18)33-13-12-15-6-2-1-3-7-15)23(31)28-25(34)30-29-24(32)22-21(27)17-8-4-5-9-20(17)35-22/h1-11,14H,12-13H2,(H,29,32)(H2,28,30,31,34). The number of hydrogen-bond donors (Lipinski definition) is 3. The van der Waals surface area contributed by atoms with Crippen molar-refractivity contribution in [3.63, 3.8) is 0 Å². The molecule has 0 unspecified atom stereocenters. The zero-order valence-electron chi connectivity index (χ0n) is 18.1. The molecule has 4 rings (SSSR count). The van der Waals surface area contributed by atoms with Gasteiger partial charge in [-0.15, -0.1) is 11.3 Å². The monoisotopic (exact) mass is 587 g/mol. The number of rotatable bonds is 6. The molecule has 1 aromatic heterocycles. The van der Waals surface area contributed by atoms with Crippen LogP contribution in [-0.4, -0.2) is 23.5 Å². The third kappa shape index (κ3) is 6.37. The Bertz CT molecular complexity index is 1400. The van der Waals surface area contributed by atoms with Crippen LogP contribution >= 0.6 is 51.1 Å². The summed E-state index contributed by atoms with van der Waals surface area (Å²) >= 11 is 16.2. The fourth-order valence-corrected chi connectivity index (χ4v) is 5.27. The van der Waals surface area contributed by atoms with Gasteiger partial charge >= 0.3 is 0 Å². The molecule has 0 spiro atoms. The quantitative estimate of drug-likeness (QED) is 0.193. The van der Waals surface area contributed by atoms with Crippen LogP contribution in [0.3, 0.4) is 0 Å². The average molecular weight is 589 g/mol. The van der Waals surface area contributed by atoms with Gasteiger partial charge in [-0.25, -0.2) is 0 Å². The Hall–Kier alpha value is -2.98. The molecule has 4 aromatic rings. The van der Waals surface area contributed by atoms with Crippen molar-refractivity contribution >= 4 is 78.1 Å². The average Bonchev–Trinajstić information content (AvgIpc) is 3.20. The van der Waals surface area contributed by atoms with E-state index in [0.29, 0.717) is 32.3 Å². The molecule has 0 saturated heterocycles. The van der Waals surface area contributed by atoms with E-state index in [0.717, 1.165) is 16.5 Å². The van der Waals surface area contributed by atoms with Gasteiger partial charge in [0, 0.05) is 22.1 Å². The molecule has 1 heterocycles. The molecule has 3 aromatic carbocycles. The Balaban J connectivity index is 1.28. The number of amides is 2. The molecular formula is C25H19BrClN3O3S2. The molecular weight excluding hydrogens is 570 g/mol. The van der Waals surface area contributed by atoms with E-state index in [4.69, 9.17) is 28.6 Å². The Morgan fingerprint density at radius 1 is 0.971 bits per heavy atom. The third-order valence-corrected chi connectivity index (χ3v) is 7.44. The first-order valence-corrected chi connectivity index (χ1v) is 12.9. The predicted octanol–water partition coefficient (Wildman–Crippen LogP) is 5.89. The maximum atomic E-state index is 12.6. The summed E-state index contributed by atoms with van der Waals surface area (Å²) in [6.45, 7) is 0.506. The van der Waals surface area contributed by atoms with Gasteiger partial charge in [0.25, 0.3) is 11.8 Å². The van der Waals surface area contributed by atoms with Crippen LogP contribution in [0.1, 0.15) is 25.6 Å². The number of hydrogen-bond acceptors (Lipinski definition) is 5. The highest BCUT2D eigenvalue weighted by atomic mass is 79.9. The van der Waals surface area contributed by atoms with E-state index in [2.05, 4.69) is 32.1 Å². The lowest BCUT2D eigenvalue weighted by molar-refractivity contribution is 0.0938. The number of carbonyl (C=O) groups excluding carboxylic acids is 2. The van der Waals surface area contributed by atoms with Crippen molar-refractivity contribution in [3.8, 4) is 5.75 Å². The number of nitrogens with one attached hydrogen (secondary N) is 3. The first kappa shape index (κ1) is 25.1. The number of thiophene rings is 1. The van der Waals surface area contributed by atoms with Gasteiger partial charge < -0.3 is 4.74 Å². The molecule has 2 amide bonds. The summed E-state index contributed by atoms with van der Waals surface area (Å²) in [4.78, 5) is 25.4. The van der Waals surface area contributed by atoms with Gasteiger partial charge in [0.1, 0.15) is 10.6 Å². The second-order valence-electron chi connectivity index (χ2n) is 7.33. The summed E-state index contributed by atoms with van der Waals surface area (Å²) in [5, 5.41) is 3.65. The lowest BCUT2D eigenvalue weighted by Gasteiger charge is -2.12. The molecule has 0 radical (unpaired) electrons. The van der Waals surface area contributed by atoms with E-state index in [-0.39, 0.29) is 5.11 Å². The van der Waals surface area contributed by atoms with Crippen LogP contribution in [0.2, 0.25) is 5.02 Å².